The fourth-order valence-corrected chi connectivity index (χ4v) is 3.58. The molecule has 0 aliphatic rings. The van der Waals surface area contributed by atoms with Crippen molar-refractivity contribution in [3.8, 4) is 11.5 Å². The molecule has 0 unspecified atom stereocenters. The maximum absolute atomic E-state index is 13.2. The predicted octanol–water partition coefficient (Wildman–Crippen LogP) is 5.32. The van der Waals surface area contributed by atoms with Crippen LogP contribution in [0.4, 0.5) is 11.4 Å². The predicted molar refractivity (Wildman–Crippen MR) is 133 cm³/mol. The molecule has 0 fully saturated rings. The summed E-state index contributed by atoms with van der Waals surface area (Å²) >= 11 is 0. The van der Waals surface area contributed by atoms with Gasteiger partial charge in [-0.2, -0.15) is 0 Å². The van der Waals surface area contributed by atoms with Crippen LogP contribution in [0.25, 0.3) is 10.9 Å². The Morgan fingerprint density at radius 2 is 1.56 bits per heavy atom. The van der Waals surface area contributed by atoms with E-state index < -0.39 is 11.8 Å². The molecule has 7 heteroatoms. The van der Waals surface area contributed by atoms with Crippen LogP contribution in [-0.2, 0) is 6.42 Å². The van der Waals surface area contributed by atoms with Gasteiger partial charge < -0.3 is 20.1 Å². The van der Waals surface area contributed by atoms with Gasteiger partial charge in [-0.3, -0.25) is 14.6 Å². The van der Waals surface area contributed by atoms with Gasteiger partial charge in [0, 0.05) is 23.3 Å². The second-order valence-electron chi connectivity index (χ2n) is 7.63. The first-order chi connectivity index (χ1) is 16.5. The van der Waals surface area contributed by atoms with E-state index in [9.17, 15) is 9.59 Å². The number of fused-ring (bicyclic) bond motifs is 1. The number of rotatable bonds is 7. The first kappa shape index (κ1) is 22.8. The van der Waals surface area contributed by atoms with Crippen LogP contribution in [0.15, 0.2) is 72.9 Å². The van der Waals surface area contributed by atoms with Gasteiger partial charge in [0.25, 0.3) is 11.8 Å². The minimum Gasteiger partial charge on any atom is -0.493 e. The van der Waals surface area contributed by atoms with Crippen molar-refractivity contribution in [2.24, 2.45) is 0 Å². The SMILES string of the molecule is CCc1ccc(NC(=O)c2cc(OC)c(OC)cc2NC(=O)c2cnc3ccccc3c2)cc1. The average molecular weight is 456 g/mol. The lowest BCUT2D eigenvalue weighted by atomic mass is 10.1. The highest BCUT2D eigenvalue weighted by Crippen LogP contribution is 2.34. The molecule has 4 rings (SSSR count). The van der Waals surface area contributed by atoms with Crippen molar-refractivity contribution in [1.29, 1.82) is 0 Å². The number of nitrogens with one attached hydrogen (secondary N) is 2. The Morgan fingerprint density at radius 3 is 2.26 bits per heavy atom. The number of hydrogen-bond donors (Lipinski definition) is 2. The van der Waals surface area contributed by atoms with E-state index in [2.05, 4.69) is 22.5 Å². The molecule has 3 aromatic carbocycles. The maximum Gasteiger partial charge on any atom is 0.257 e. The molecule has 1 heterocycles. The number of para-hydroxylation sites is 1. The number of carbonyl (C=O) groups is 2. The third-order valence-corrected chi connectivity index (χ3v) is 5.49. The van der Waals surface area contributed by atoms with Crippen LogP contribution < -0.4 is 20.1 Å². The summed E-state index contributed by atoms with van der Waals surface area (Å²) in [5.41, 5.74) is 3.50. The van der Waals surface area contributed by atoms with Crippen LogP contribution in [0, 0.1) is 0 Å². The summed E-state index contributed by atoms with van der Waals surface area (Å²) in [5.74, 6) is -0.0263. The van der Waals surface area contributed by atoms with Crippen LogP contribution in [0.2, 0.25) is 0 Å². The number of pyridine rings is 1. The zero-order valence-electron chi connectivity index (χ0n) is 19.2. The second kappa shape index (κ2) is 10.0. The summed E-state index contributed by atoms with van der Waals surface area (Å²) in [5, 5.41) is 6.55. The molecule has 4 aromatic rings. The quantitative estimate of drug-likeness (QED) is 0.394. The van der Waals surface area contributed by atoms with E-state index in [1.165, 1.54) is 26.0 Å². The van der Waals surface area contributed by atoms with E-state index in [0.717, 1.165) is 17.3 Å². The standard InChI is InChI=1S/C27H25N3O4/c1-4-17-9-11-20(12-10-17)29-27(32)21-14-24(33-2)25(34-3)15-23(21)30-26(31)19-13-18-7-5-6-8-22(18)28-16-19/h5-16H,4H2,1-3H3,(H,29,32)(H,30,31). The highest BCUT2D eigenvalue weighted by atomic mass is 16.5. The Hall–Kier alpha value is -4.39. The molecule has 2 amide bonds. The number of anilines is 2. The number of aryl methyl sites for hydroxylation is 1. The van der Waals surface area contributed by atoms with Crippen molar-refractivity contribution in [3.63, 3.8) is 0 Å². The average Bonchev–Trinajstić information content (AvgIpc) is 2.88. The Bertz CT molecular complexity index is 1350. The Morgan fingerprint density at radius 1 is 0.853 bits per heavy atom. The van der Waals surface area contributed by atoms with E-state index in [1.54, 1.807) is 18.2 Å². The molecule has 7 nitrogen and oxygen atoms in total. The Labute approximate surface area is 197 Å². The Kier molecular flexibility index (Phi) is 6.73. The minimum atomic E-state index is -0.396. The second-order valence-corrected chi connectivity index (χ2v) is 7.63. The van der Waals surface area contributed by atoms with Gasteiger partial charge in [-0.15, -0.1) is 0 Å². The molecule has 0 aliphatic carbocycles. The number of methoxy groups -OCH3 is 2. The zero-order chi connectivity index (χ0) is 24.1. The van der Waals surface area contributed by atoms with Crippen LogP contribution >= 0.6 is 0 Å². The largest absolute Gasteiger partial charge is 0.493 e. The van der Waals surface area contributed by atoms with Crippen molar-refractivity contribution in [1.82, 2.24) is 4.98 Å². The van der Waals surface area contributed by atoms with E-state index in [0.29, 0.717) is 28.4 Å². The summed E-state index contributed by atoms with van der Waals surface area (Å²) in [6.07, 6.45) is 2.41. The van der Waals surface area contributed by atoms with Gasteiger partial charge in [-0.1, -0.05) is 37.3 Å². The number of nitrogens with zero attached hydrogens (tertiary/aromatic N) is 1. The molecule has 0 saturated heterocycles. The van der Waals surface area contributed by atoms with E-state index >= 15 is 0 Å². The molecule has 0 saturated carbocycles. The van der Waals surface area contributed by atoms with Crippen LogP contribution in [0.3, 0.4) is 0 Å². The molecule has 0 atom stereocenters. The topological polar surface area (TPSA) is 89.5 Å². The van der Waals surface area contributed by atoms with E-state index in [-0.39, 0.29) is 5.56 Å². The van der Waals surface area contributed by atoms with Gasteiger partial charge in [-0.05, 0) is 42.3 Å². The van der Waals surface area contributed by atoms with Crippen LogP contribution in [0.5, 0.6) is 11.5 Å². The molecule has 0 aliphatic heterocycles. The van der Waals surface area contributed by atoms with Crippen molar-refractivity contribution < 1.29 is 19.1 Å². The minimum absolute atomic E-state index is 0.235. The first-order valence-electron chi connectivity index (χ1n) is 10.8. The summed E-state index contributed by atoms with van der Waals surface area (Å²) in [4.78, 5) is 30.6. The normalized spacial score (nSPS) is 10.6. The third-order valence-electron chi connectivity index (χ3n) is 5.49. The number of amides is 2. The summed E-state index contributed by atoms with van der Waals surface area (Å²) in [6.45, 7) is 2.07. The molecular formula is C27H25N3O4. The number of aromatic nitrogens is 1. The molecule has 1 aromatic heterocycles. The van der Waals surface area contributed by atoms with E-state index in [4.69, 9.17) is 9.47 Å². The highest BCUT2D eigenvalue weighted by molar-refractivity contribution is 6.13. The fourth-order valence-electron chi connectivity index (χ4n) is 3.58. The smallest absolute Gasteiger partial charge is 0.257 e. The van der Waals surface area contributed by atoms with Crippen molar-refractivity contribution in [2.45, 2.75) is 13.3 Å². The molecule has 2 N–H and O–H groups in total. The van der Waals surface area contributed by atoms with Crippen LogP contribution in [-0.4, -0.2) is 31.0 Å². The third kappa shape index (κ3) is 4.83. The van der Waals surface area contributed by atoms with Gasteiger partial charge in [0.15, 0.2) is 11.5 Å². The van der Waals surface area contributed by atoms with Gasteiger partial charge in [0.2, 0.25) is 0 Å². The molecule has 0 spiro atoms. The first-order valence-corrected chi connectivity index (χ1v) is 10.8. The Balaban J connectivity index is 1.66. The number of ether oxygens (including phenoxy) is 2. The fraction of sp³-hybridized carbons (Fsp3) is 0.148. The lowest BCUT2D eigenvalue weighted by Crippen LogP contribution is -2.19. The zero-order valence-corrected chi connectivity index (χ0v) is 19.2. The summed E-state index contributed by atoms with van der Waals surface area (Å²) in [7, 11) is 2.98. The van der Waals surface area contributed by atoms with Gasteiger partial charge in [0.1, 0.15) is 0 Å². The maximum atomic E-state index is 13.2. The van der Waals surface area contributed by atoms with Crippen molar-refractivity contribution >= 4 is 34.1 Å². The van der Waals surface area contributed by atoms with Crippen LogP contribution in [0.1, 0.15) is 33.2 Å². The summed E-state index contributed by atoms with van der Waals surface area (Å²) < 4.78 is 10.8. The molecule has 0 radical (unpaired) electrons. The monoisotopic (exact) mass is 455 g/mol. The van der Waals surface area contributed by atoms with E-state index in [1.807, 2.05) is 48.5 Å². The van der Waals surface area contributed by atoms with Gasteiger partial charge >= 0.3 is 0 Å². The highest BCUT2D eigenvalue weighted by Gasteiger charge is 2.20. The van der Waals surface area contributed by atoms with Crippen molar-refractivity contribution in [3.05, 3.63) is 89.6 Å². The molecular weight excluding hydrogens is 430 g/mol. The molecule has 0 bridgehead atoms. The van der Waals surface area contributed by atoms with Gasteiger partial charge in [-0.25, -0.2) is 0 Å². The molecule has 34 heavy (non-hydrogen) atoms. The molecule has 172 valence electrons. The van der Waals surface area contributed by atoms with Crippen molar-refractivity contribution in [2.75, 3.05) is 24.9 Å². The lowest BCUT2D eigenvalue weighted by molar-refractivity contribution is 0.102. The number of hydrogen-bond acceptors (Lipinski definition) is 5. The lowest BCUT2D eigenvalue weighted by Gasteiger charge is -2.16. The number of carbonyl (C=O) groups excluding carboxylic acids is 2. The summed E-state index contributed by atoms with van der Waals surface area (Å²) in [6, 6.07) is 20.0. The van der Waals surface area contributed by atoms with Gasteiger partial charge in [0.05, 0.1) is 36.6 Å². The number of benzene rings is 3.